The highest BCUT2D eigenvalue weighted by atomic mass is 35.5. The van der Waals surface area contributed by atoms with Crippen molar-refractivity contribution in [2.75, 3.05) is 32.6 Å². The minimum atomic E-state index is -0.477. The second-order valence-electron chi connectivity index (χ2n) is 7.21. The zero-order valence-corrected chi connectivity index (χ0v) is 16.5. The number of carbonyl (C=O) groups excluding carboxylic acids is 2. The molecule has 0 radical (unpaired) electrons. The van der Waals surface area contributed by atoms with Crippen LogP contribution in [-0.2, 0) is 9.53 Å². The van der Waals surface area contributed by atoms with Crippen LogP contribution in [0.1, 0.15) is 49.0 Å². The fraction of sp³-hybridized carbons (Fsp3) is 0.579. The highest BCUT2D eigenvalue weighted by Gasteiger charge is 2.56. The van der Waals surface area contributed by atoms with E-state index in [-0.39, 0.29) is 12.5 Å². The van der Waals surface area contributed by atoms with Crippen LogP contribution in [0.5, 0.6) is 0 Å². The molecule has 0 heterocycles. The summed E-state index contributed by atoms with van der Waals surface area (Å²) in [6, 6.07) is 3.29. The predicted molar refractivity (Wildman–Crippen MR) is 100 cm³/mol. The number of hydrogen-bond acceptors (Lipinski definition) is 3. The normalized spacial score (nSPS) is 16.1. The number of carbonyl (C=O) groups is 2. The summed E-state index contributed by atoms with van der Waals surface area (Å²) in [6.07, 6.45) is 2.74. The summed E-state index contributed by atoms with van der Waals surface area (Å²) in [5, 5.41) is 3.46. The molecule has 25 heavy (non-hydrogen) atoms. The number of likely N-dealkylation sites (N-methyl/N-ethyl adjacent to an activating group) is 1. The fourth-order valence-electron chi connectivity index (χ4n) is 3.43. The number of rotatable bonds is 6. The molecule has 1 aromatic rings. The van der Waals surface area contributed by atoms with E-state index in [1.807, 2.05) is 6.92 Å². The summed E-state index contributed by atoms with van der Waals surface area (Å²) in [4.78, 5) is 25.5. The molecule has 0 spiro atoms. The molecule has 0 atom stereocenters. The zero-order valence-electron chi connectivity index (χ0n) is 15.7. The van der Waals surface area contributed by atoms with E-state index in [4.69, 9.17) is 16.3 Å². The van der Waals surface area contributed by atoms with Crippen molar-refractivity contribution in [1.29, 1.82) is 0 Å². The summed E-state index contributed by atoms with van der Waals surface area (Å²) in [6.45, 7) is 6.79. The SMILES string of the molecule is CCOC(=O)c1cc(Cl)cc(C)c1NC(=O)C1([N+](C)(C)CC)CCC1. The molecule has 0 aliphatic heterocycles. The number of amides is 1. The van der Waals surface area contributed by atoms with Gasteiger partial charge >= 0.3 is 5.97 Å². The number of nitrogens with zero attached hydrogens (tertiary/aromatic N) is 1. The van der Waals surface area contributed by atoms with E-state index in [0.717, 1.165) is 31.4 Å². The van der Waals surface area contributed by atoms with Crippen LogP contribution in [0.25, 0.3) is 0 Å². The number of esters is 1. The smallest absolute Gasteiger partial charge is 0.340 e. The van der Waals surface area contributed by atoms with Crippen LogP contribution in [0.15, 0.2) is 12.1 Å². The van der Waals surface area contributed by atoms with Crippen molar-refractivity contribution in [2.24, 2.45) is 0 Å². The number of halogens is 1. The zero-order chi connectivity index (χ0) is 18.8. The molecule has 0 saturated heterocycles. The maximum atomic E-state index is 13.2. The standard InChI is InChI=1S/C19H27ClN2O3/c1-6-22(4,5)19(9-8-10-19)18(24)21-16-13(3)11-14(20)12-15(16)17(23)25-7-2/h11-12H,6-10H2,1-5H3/p+1. The van der Waals surface area contributed by atoms with E-state index in [2.05, 4.69) is 26.3 Å². The van der Waals surface area contributed by atoms with Gasteiger partial charge in [-0.3, -0.25) is 4.79 Å². The Labute approximate surface area is 154 Å². The first kappa shape index (κ1) is 19.7. The number of ether oxygens (including phenoxy) is 1. The van der Waals surface area contributed by atoms with Gasteiger partial charge in [-0.05, 0) is 44.9 Å². The lowest BCUT2D eigenvalue weighted by Gasteiger charge is -2.52. The van der Waals surface area contributed by atoms with Gasteiger partial charge in [0.05, 0.1) is 38.5 Å². The molecule has 1 N–H and O–H groups in total. The molecular weight excluding hydrogens is 340 g/mol. The molecular formula is C19H28ClN2O3+. The van der Waals surface area contributed by atoms with Gasteiger partial charge in [0.1, 0.15) is 0 Å². The molecule has 6 heteroatoms. The Hall–Kier alpha value is -1.59. The summed E-state index contributed by atoms with van der Waals surface area (Å²) >= 11 is 6.10. The average molecular weight is 368 g/mol. The molecule has 0 bridgehead atoms. The van der Waals surface area contributed by atoms with Crippen LogP contribution in [0.3, 0.4) is 0 Å². The highest BCUT2D eigenvalue weighted by Crippen LogP contribution is 2.42. The van der Waals surface area contributed by atoms with Crippen molar-refractivity contribution in [1.82, 2.24) is 0 Å². The Balaban J connectivity index is 2.39. The maximum Gasteiger partial charge on any atom is 0.340 e. The third kappa shape index (κ3) is 3.53. The van der Waals surface area contributed by atoms with Crippen LogP contribution in [0, 0.1) is 6.92 Å². The maximum absolute atomic E-state index is 13.2. The molecule has 5 nitrogen and oxygen atoms in total. The van der Waals surface area contributed by atoms with Gasteiger partial charge < -0.3 is 14.5 Å². The minimum absolute atomic E-state index is 0.0402. The average Bonchev–Trinajstić information content (AvgIpc) is 2.48. The van der Waals surface area contributed by atoms with Crippen LogP contribution < -0.4 is 5.32 Å². The van der Waals surface area contributed by atoms with Crippen LogP contribution >= 0.6 is 11.6 Å². The molecule has 1 aliphatic carbocycles. The van der Waals surface area contributed by atoms with Gasteiger partial charge in [0.15, 0.2) is 5.54 Å². The fourth-order valence-corrected chi connectivity index (χ4v) is 3.70. The molecule has 0 aromatic heterocycles. The van der Waals surface area contributed by atoms with E-state index in [1.54, 1.807) is 19.1 Å². The predicted octanol–water partition coefficient (Wildman–Crippen LogP) is 3.78. The second-order valence-corrected chi connectivity index (χ2v) is 7.64. The van der Waals surface area contributed by atoms with Crippen LogP contribution in [-0.4, -0.2) is 49.1 Å². The van der Waals surface area contributed by atoms with E-state index in [1.165, 1.54) is 0 Å². The Morgan fingerprint density at radius 3 is 2.40 bits per heavy atom. The van der Waals surface area contributed by atoms with E-state index >= 15 is 0 Å². The van der Waals surface area contributed by atoms with Crippen molar-refractivity contribution in [2.45, 2.75) is 45.6 Å². The minimum Gasteiger partial charge on any atom is -0.462 e. The van der Waals surface area contributed by atoms with Gasteiger partial charge in [0.2, 0.25) is 0 Å². The van der Waals surface area contributed by atoms with Gasteiger partial charge in [-0.25, -0.2) is 4.79 Å². The Kier molecular flexibility index (Phi) is 5.79. The summed E-state index contributed by atoms with van der Waals surface area (Å²) in [5.74, 6) is -0.517. The lowest BCUT2D eigenvalue weighted by molar-refractivity contribution is -0.936. The van der Waals surface area contributed by atoms with Gasteiger partial charge in [0.25, 0.3) is 5.91 Å². The Bertz CT molecular complexity index is 681. The monoisotopic (exact) mass is 367 g/mol. The van der Waals surface area contributed by atoms with Gasteiger partial charge in [0, 0.05) is 17.9 Å². The van der Waals surface area contributed by atoms with E-state index < -0.39 is 11.5 Å². The largest absolute Gasteiger partial charge is 0.462 e. The third-order valence-corrected chi connectivity index (χ3v) is 5.81. The molecule has 1 amide bonds. The molecule has 1 aromatic carbocycles. The molecule has 1 saturated carbocycles. The first-order valence-electron chi connectivity index (χ1n) is 8.80. The first-order chi connectivity index (χ1) is 11.7. The quantitative estimate of drug-likeness (QED) is 0.615. The van der Waals surface area contributed by atoms with Gasteiger partial charge in [-0.2, -0.15) is 0 Å². The van der Waals surface area contributed by atoms with Crippen molar-refractivity contribution in [3.05, 3.63) is 28.3 Å². The third-order valence-electron chi connectivity index (χ3n) is 5.59. The lowest BCUT2D eigenvalue weighted by atomic mass is 9.73. The van der Waals surface area contributed by atoms with E-state index in [0.29, 0.717) is 20.8 Å². The van der Waals surface area contributed by atoms with Gasteiger partial charge in [-0.15, -0.1) is 0 Å². The number of nitrogens with one attached hydrogen (secondary N) is 1. The van der Waals surface area contributed by atoms with Crippen molar-refractivity contribution in [3.8, 4) is 0 Å². The summed E-state index contributed by atoms with van der Waals surface area (Å²) in [7, 11) is 4.17. The molecule has 0 unspecified atom stereocenters. The Morgan fingerprint density at radius 1 is 1.28 bits per heavy atom. The van der Waals surface area contributed by atoms with Crippen LogP contribution in [0.2, 0.25) is 5.02 Å². The number of quaternary nitrogens is 1. The summed E-state index contributed by atoms with van der Waals surface area (Å²) < 4.78 is 5.75. The molecule has 1 aliphatic rings. The first-order valence-corrected chi connectivity index (χ1v) is 9.18. The molecule has 138 valence electrons. The number of benzene rings is 1. The van der Waals surface area contributed by atoms with Crippen molar-refractivity contribution >= 4 is 29.2 Å². The van der Waals surface area contributed by atoms with Crippen LogP contribution in [0.4, 0.5) is 5.69 Å². The number of aryl methyl sites for hydroxylation is 1. The summed E-state index contributed by atoms with van der Waals surface area (Å²) in [5.41, 5.74) is 1.10. The highest BCUT2D eigenvalue weighted by molar-refractivity contribution is 6.31. The lowest BCUT2D eigenvalue weighted by Crippen LogP contribution is -2.69. The molecule has 2 rings (SSSR count). The molecule has 1 fully saturated rings. The second kappa shape index (κ2) is 7.34. The topological polar surface area (TPSA) is 55.4 Å². The van der Waals surface area contributed by atoms with Crippen molar-refractivity contribution in [3.63, 3.8) is 0 Å². The Morgan fingerprint density at radius 2 is 1.92 bits per heavy atom. The van der Waals surface area contributed by atoms with Crippen molar-refractivity contribution < 1.29 is 18.8 Å². The number of hydrogen-bond donors (Lipinski definition) is 1. The van der Waals surface area contributed by atoms with E-state index in [9.17, 15) is 9.59 Å². The number of anilines is 1. The van der Waals surface area contributed by atoms with Gasteiger partial charge in [-0.1, -0.05) is 11.6 Å².